The van der Waals surface area contributed by atoms with Crippen LogP contribution in [0, 0.1) is 0 Å². The van der Waals surface area contributed by atoms with Crippen molar-refractivity contribution in [2.45, 2.75) is 32.1 Å². The normalized spacial score (nSPS) is 18.1. The summed E-state index contributed by atoms with van der Waals surface area (Å²) in [4.78, 5) is 13.7. The van der Waals surface area contributed by atoms with E-state index in [4.69, 9.17) is 0 Å². The molecule has 0 saturated carbocycles. The minimum Gasteiger partial charge on any atom is -0.339 e. The van der Waals surface area contributed by atoms with E-state index < -0.39 is 0 Å². The number of hydrogen-bond donors (Lipinski definition) is 0. The summed E-state index contributed by atoms with van der Waals surface area (Å²) in [5, 5.41) is 0. The van der Waals surface area contributed by atoms with Crippen molar-refractivity contribution < 1.29 is 4.79 Å². The molecule has 0 spiro atoms. The summed E-state index contributed by atoms with van der Waals surface area (Å²) >= 11 is 0. The highest BCUT2D eigenvalue weighted by Gasteiger charge is 2.15. The summed E-state index contributed by atoms with van der Waals surface area (Å²) < 4.78 is 0. The fourth-order valence-electron chi connectivity index (χ4n) is 1.74. The Morgan fingerprint density at radius 2 is 1.57 bits per heavy atom. The van der Waals surface area contributed by atoms with E-state index in [1.807, 2.05) is 4.90 Å². The molecule has 0 aromatic carbocycles. The summed E-state index contributed by atoms with van der Waals surface area (Å²) in [5.41, 5.74) is 0.519. The fourth-order valence-corrected chi connectivity index (χ4v) is 1.74. The van der Waals surface area contributed by atoms with Crippen molar-refractivity contribution in [1.82, 2.24) is 4.90 Å². The van der Waals surface area contributed by atoms with Crippen molar-refractivity contribution in [3.63, 3.8) is 0 Å². The third-order valence-electron chi connectivity index (χ3n) is 2.66. The second-order valence-electron chi connectivity index (χ2n) is 3.79. The summed E-state index contributed by atoms with van der Waals surface area (Å²) in [5.74, 6) is 0.0573. The molecule has 1 heterocycles. The van der Waals surface area contributed by atoms with Gasteiger partial charge in [-0.1, -0.05) is 38.5 Å². The second-order valence-corrected chi connectivity index (χ2v) is 3.79. The monoisotopic (exact) mass is 193 g/mol. The quantitative estimate of drug-likeness (QED) is 0.487. The predicted octanol–water partition coefficient (Wildman–Crippen LogP) is 2.52. The summed E-state index contributed by atoms with van der Waals surface area (Å²) in [7, 11) is 0. The van der Waals surface area contributed by atoms with E-state index in [9.17, 15) is 4.79 Å². The lowest BCUT2D eigenvalue weighted by Crippen LogP contribution is -2.34. The number of carbonyl (C=O) groups excluding carboxylic acids is 1. The zero-order chi connectivity index (χ0) is 10.4. The smallest absolute Gasteiger partial charge is 0.253 e. The third kappa shape index (κ3) is 3.02. The lowest BCUT2D eigenvalue weighted by molar-refractivity contribution is -0.127. The van der Waals surface area contributed by atoms with Crippen LogP contribution in [0.15, 0.2) is 24.8 Å². The van der Waals surface area contributed by atoms with E-state index in [0.717, 1.165) is 25.9 Å². The van der Waals surface area contributed by atoms with Crippen LogP contribution >= 0.6 is 0 Å². The first-order valence-corrected chi connectivity index (χ1v) is 5.36. The summed E-state index contributed by atoms with van der Waals surface area (Å²) in [6, 6.07) is 0. The van der Waals surface area contributed by atoms with Crippen LogP contribution in [0.4, 0.5) is 0 Å². The maximum atomic E-state index is 11.7. The van der Waals surface area contributed by atoms with E-state index in [2.05, 4.69) is 13.2 Å². The molecule has 0 N–H and O–H groups in total. The molecule has 0 aliphatic carbocycles. The molecule has 0 aromatic rings. The average Bonchev–Trinajstić information content (AvgIpc) is 2.15. The first-order valence-electron chi connectivity index (χ1n) is 5.36. The predicted molar refractivity (Wildman–Crippen MR) is 59.0 cm³/mol. The van der Waals surface area contributed by atoms with Gasteiger partial charge in [-0.2, -0.15) is 0 Å². The van der Waals surface area contributed by atoms with Crippen molar-refractivity contribution >= 4 is 5.91 Å². The number of hydrogen-bond acceptors (Lipinski definition) is 1. The van der Waals surface area contributed by atoms with Gasteiger partial charge in [0, 0.05) is 18.7 Å². The highest BCUT2D eigenvalue weighted by molar-refractivity contribution is 5.95. The van der Waals surface area contributed by atoms with Gasteiger partial charge in [0.2, 0.25) is 0 Å². The summed E-state index contributed by atoms with van der Waals surface area (Å²) in [6.45, 7) is 9.03. The lowest BCUT2D eigenvalue weighted by atomic mass is 10.1. The molecular weight excluding hydrogens is 174 g/mol. The van der Waals surface area contributed by atoms with E-state index in [1.54, 1.807) is 6.08 Å². The molecule has 78 valence electrons. The van der Waals surface area contributed by atoms with Gasteiger partial charge < -0.3 is 4.90 Å². The Kier molecular flexibility index (Phi) is 4.44. The zero-order valence-corrected chi connectivity index (χ0v) is 8.80. The van der Waals surface area contributed by atoms with Gasteiger partial charge in [-0.15, -0.1) is 0 Å². The Bertz CT molecular complexity index is 224. The lowest BCUT2D eigenvalue weighted by Gasteiger charge is -2.24. The number of amides is 1. The van der Waals surface area contributed by atoms with Crippen LogP contribution in [0.25, 0.3) is 0 Å². The van der Waals surface area contributed by atoms with Crippen molar-refractivity contribution in [3.8, 4) is 0 Å². The van der Waals surface area contributed by atoms with Gasteiger partial charge in [-0.3, -0.25) is 4.79 Å². The van der Waals surface area contributed by atoms with E-state index in [0.29, 0.717) is 5.57 Å². The van der Waals surface area contributed by atoms with Crippen molar-refractivity contribution in [1.29, 1.82) is 0 Å². The molecule has 0 unspecified atom stereocenters. The van der Waals surface area contributed by atoms with Gasteiger partial charge >= 0.3 is 0 Å². The molecule has 1 fully saturated rings. The second kappa shape index (κ2) is 5.63. The minimum atomic E-state index is 0.0573. The Morgan fingerprint density at radius 3 is 2.07 bits per heavy atom. The Labute approximate surface area is 86.3 Å². The SMILES string of the molecule is C=CC(=C)C(=O)N1CCCCCCC1. The van der Waals surface area contributed by atoms with Crippen LogP contribution in [0.2, 0.25) is 0 Å². The van der Waals surface area contributed by atoms with Crippen LogP contribution in [-0.4, -0.2) is 23.9 Å². The molecule has 1 aliphatic heterocycles. The van der Waals surface area contributed by atoms with Crippen molar-refractivity contribution in [2.75, 3.05) is 13.1 Å². The molecule has 1 rings (SSSR count). The van der Waals surface area contributed by atoms with E-state index in [-0.39, 0.29) is 5.91 Å². The molecule has 1 saturated heterocycles. The van der Waals surface area contributed by atoms with E-state index >= 15 is 0 Å². The number of likely N-dealkylation sites (tertiary alicyclic amines) is 1. The number of rotatable bonds is 2. The number of carbonyl (C=O) groups is 1. The Balaban J connectivity index is 2.51. The van der Waals surface area contributed by atoms with Gasteiger partial charge in [0.25, 0.3) is 5.91 Å². The molecule has 0 bridgehead atoms. The van der Waals surface area contributed by atoms with Gasteiger partial charge in [0.1, 0.15) is 0 Å². The summed E-state index contributed by atoms with van der Waals surface area (Å²) in [6.07, 6.45) is 7.58. The van der Waals surface area contributed by atoms with Crippen molar-refractivity contribution in [3.05, 3.63) is 24.8 Å². The van der Waals surface area contributed by atoms with Crippen LogP contribution in [0.3, 0.4) is 0 Å². The van der Waals surface area contributed by atoms with E-state index in [1.165, 1.54) is 19.3 Å². The standard InChI is InChI=1S/C12H19NO/c1-3-11(2)12(14)13-9-7-5-4-6-8-10-13/h3H,1-2,4-10H2. The molecule has 0 atom stereocenters. The zero-order valence-electron chi connectivity index (χ0n) is 8.80. The molecule has 1 amide bonds. The van der Waals surface area contributed by atoms with Crippen molar-refractivity contribution in [2.24, 2.45) is 0 Å². The molecular formula is C12H19NO. The minimum absolute atomic E-state index is 0.0573. The molecule has 14 heavy (non-hydrogen) atoms. The first-order chi connectivity index (χ1) is 6.75. The Morgan fingerprint density at radius 1 is 1.07 bits per heavy atom. The number of nitrogens with zero attached hydrogens (tertiary/aromatic N) is 1. The molecule has 1 aliphatic rings. The first kappa shape index (κ1) is 11.0. The van der Waals surface area contributed by atoms with Gasteiger partial charge in [0.15, 0.2) is 0 Å². The van der Waals surface area contributed by atoms with Crippen LogP contribution < -0.4 is 0 Å². The molecule has 0 radical (unpaired) electrons. The highest BCUT2D eigenvalue weighted by atomic mass is 16.2. The fraction of sp³-hybridized carbons (Fsp3) is 0.583. The molecule has 2 nitrogen and oxygen atoms in total. The van der Waals surface area contributed by atoms with Crippen LogP contribution in [0.1, 0.15) is 32.1 Å². The average molecular weight is 193 g/mol. The maximum Gasteiger partial charge on any atom is 0.253 e. The maximum absolute atomic E-state index is 11.7. The van der Waals surface area contributed by atoms with Gasteiger partial charge in [0.05, 0.1) is 0 Å². The van der Waals surface area contributed by atoms with Crippen LogP contribution in [0.5, 0.6) is 0 Å². The molecule has 0 aromatic heterocycles. The topological polar surface area (TPSA) is 20.3 Å². The van der Waals surface area contributed by atoms with Gasteiger partial charge in [-0.25, -0.2) is 0 Å². The third-order valence-corrected chi connectivity index (χ3v) is 2.66. The highest BCUT2D eigenvalue weighted by Crippen LogP contribution is 2.12. The van der Waals surface area contributed by atoms with Gasteiger partial charge in [-0.05, 0) is 12.8 Å². The van der Waals surface area contributed by atoms with Crippen LogP contribution in [-0.2, 0) is 4.79 Å². The molecule has 2 heteroatoms. The largest absolute Gasteiger partial charge is 0.339 e. The Hall–Kier alpha value is -1.05.